The average Bonchev–Trinajstić information content (AvgIpc) is 3.31. The summed E-state index contributed by atoms with van der Waals surface area (Å²) >= 11 is 1.42. The van der Waals surface area contributed by atoms with E-state index in [1.807, 2.05) is 23.6 Å². The van der Waals surface area contributed by atoms with E-state index < -0.39 is 5.91 Å². The van der Waals surface area contributed by atoms with Crippen molar-refractivity contribution in [2.75, 3.05) is 26.3 Å². The lowest BCUT2D eigenvalue weighted by Gasteiger charge is -2.27. The molecule has 1 saturated heterocycles. The topological polar surface area (TPSA) is 124 Å². The van der Waals surface area contributed by atoms with Crippen molar-refractivity contribution in [3.8, 4) is 17.0 Å². The number of para-hydroxylation sites is 1. The Morgan fingerprint density at radius 2 is 1.91 bits per heavy atom. The van der Waals surface area contributed by atoms with Gasteiger partial charge in [0, 0.05) is 24.0 Å². The molecule has 4 aromatic rings. The lowest BCUT2D eigenvalue weighted by atomic mass is 10.1. The number of hydrogen-bond acceptors (Lipinski definition) is 8. The molecule has 0 unspecified atom stereocenters. The van der Waals surface area contributed by atoms with E-state index in [0.29, 0.717) is 47.7 Å². The molecule has 1 aliphatic rings. The molecule has 3 N–H and O–H groups in total. The van der Waals surface area contributed by atoms with E-state index in [1.165, 1.54) is 23.5 Å². The van der Waals surface area contributed by atoms with E-state index in [-0.39, 0.29) is 23.4 Å². The summed E-state index contributed by atoms with van der Waals surface area (Å²) < 4.78 is 7.14. The molecule has 9 nitrogen and oxygen atoms in total. The van der Waals surface area contributed by atoms with Crippen molar-refractivity contribution in [3.63, 3.8) is 0 Å². The minimum atomic E-state index is -0.712. The molecule has 0 aliphatic carbocycles. The first-order chi connectivity index (χ1) is 16.5. The van der Waals surface area contributed by atoms with E-state index in [4.69, 9.17) is 15.5 Å². The van der Waals surface area contributed by atoms with Gasteiger partial charge in [0.2, 0.25) is 0 Å². The van der Waals surface area contributed by atoms with Gasteiger partial charge in [-0.1, -0.05) is 12.1 Å². The molecule has 0 bridgehead atoms. The number of thiazole rings is 1. The Balaban J connectivity index is 1.50. The number of carbonyl (C=O) groups is 1. The number of carbonyl (C=O) groups excluding carboxylic acids is 1. The second kappa shape index (κ2) is 9.34. The maximum Gasteiger partial charge on any atom is 0.261 e. The monoisotopic (exact) mass is 477 g/mol. The summed E-state index contributed by atoms with van der Waals surface area (Å²) in [5.74, 6) is -0.201. The standard InChI is InChI=1S/C24H23N5O4S/c25-23(31)17-11-15(5-6-20(17)30)19-14-34-22(27-19)13-29-21(12-28-7-9-33-10-8-28)26-18-4-2-1-3-16(18)24(29)32/h1-6,11,14,30H,7-10,12-13H2,(H2,25,31). The van der Waals surface area contributed by atoms with Crippen molar-refractivity contribution >= 4 is 28.1 Å². The number of nitrogens with zero attached hydrogens (tertiary/aromatic N) is 4. The van der Waals surface area contributed by atoms with Crippen LogP contribution in [-0.2, 0) is 17.8 Å². The molecule has 2 aromatic carbocycles. The number of nitrogens with two attached hydrogens (primary N) is 1. The van der Waals surface area contributed by atoms with Gasteiger partial charge in [-0.2, -0.15) is 0 Å². The number of benzene rings is 2. The molecule has 0 spiro atoms. The van der Waals surface area contributed by atoms with Crippen LogP contribution >= 0.6 is 11.3 Å². The lowest BCUT2D eigenvalue weighted by molar-refractivity contribution is 0.0325. The molecular formula is C24H23N5O4S. The summed E-state index contributed by atoms with van der Waals surface area (Å²) in [7, 11) is 0. The summed E-state index contributed by atoms with van der Waals surface area (Å²) in [5.41, 5.74) is 7.26. The lowest BCUT2D eigenvalue weighted by Crippen LogP contribution is -2.38. The molecule has 10 heteroatoms. The highest BCUT2D eigenvalue weighted by molar-refractivity contribution is 7.09. The number of rotatable bonds is 6. The maximum absolute atomic E-state index is 13.4. The molecule has 0 atom stereocenters. The Morgan fingerprint density at radius 1 is 1.12 bits per heavy atom. The zero-order chi connectivity index (χ0) is 23.7. The molecular weight excluding hydrogens is 454 g/mol. The minimum Gasteiger partial charge on any atom is -0.507 e. The van der Waals surface area contributed by atoms with E-state index in [1.54, 1.807) is 16.7 Å². The Bertz CT molecular complexity index is 1420. The quantitative estimate of drug-likeness (QED) is 0.436. The summed E-state index contributed by atoms with van der Waals surface area (Å²) in [6, 6.07) is 12.0. The number of phenols is 1. The minimum absolute atomic E-state index is 0.0368. The van der Waals surface area contributed by atoms with Crippen LogP contribution in [0.15, 0.2) is 52.6 Å². The van der Waals surface area contributed by atoms with Crippen molar-refractivity contribution in [1.82, 2.24) is 19.4 Å². The normalized spacial score (nSPS) is 14.5. The van der Waals surface area contributed by atoms with Crippen LogP contribution in [-0.4, -0.2) is 56.8 Å². The predicted molar refractivity (Wildman–Crippen MR) is 129 cm³/mol. The third-order valence-corrected chi connectivity index (χ3v) is 6.65. The fourth-order valence-electron chi connectivity index (χ4n) is 4.00. The third-order valence-electron chi connectivity index (χ3n) is 5.81. The molecule has 0 radical (unpaired) electrons. The van der Waals surface area contributed by atoms with Gasteiger partial charge < -0.3 is 15.6 Å². The number of fused-ring (bicyclic) bond motifs is 1. The first-order valence-electron chi connectivity index (χ1n) is 10.9. The van der Waals surface area contributed by atoms with E-state index in [9.17, 15) is 14.7 Å². The third kappa shape index (κ3) is 4.43. The van der Waals surface area contributed by atoms with Gasteiger partial charge in [-0.3, -0.25) is 19.1 Å². The van der Waals surface area contributed by atoms with Gasteiger partial charge in [-0.15, -0.1) is 11.3 Å². The Labute approximate surface area is 199 Å². The summed E-state index contributed by atoms with van der Waals surface area (Å²) in [6.45, 7) is 3.71. The molecule has 174 valence electrons. The predicted octanol–water partition coefficient (Wildman–Crippen LogP) is 2.21. The number of primary amides is 1. The van der Waals surface area contributed by atoms with Crippen molar-refractivity contribution in [2.45, 2.75) is 13.1 Å². The first kappa shape index (κ1) is 22.2. The smallest absolute Gasteiger partial charge is 0.261 e. The number of aromatic hydroxyl groups is 1. The van der Waals surface area contributed by atoms with E-state index in [0.717, 1.165) is 18.1 Å². The van der Waals surface area contributed by atoms with Gasteiger partial charge in [0.05, 0.1) is 48.5 Å². The largest absolute Gasteiger partial charge is 0.507 e. The van der Waals surface area contributed by atoms with Gasteiger partial charge in [0.25, 0.3) is 11.5 Å². The maximum atomic E-state index is 13.4. The van der Waals surface area contributed by atoms with Gasteiger partial charge in [-0.05, 0) is 30.3 Å². The Morgan fingerprint density at radius 3 is 2.71 bits per heavy atom. The van der Waals surface area contributed by atoms with Crippen LogP contribution in [0.25, 0.3) is 22.2 Å². The van der Waals surface area contributed by atoms with Gasteiger partial charge in [0.1, 0.15) is 16.6 Å². The highest BCUT2D eigenvalue weighted by atomic mass is 32.1. The highest BCUT2D eigenvalue weighted by Gasteiger charge is 2.18. The fourth-order valence-corrected chi connectivity index (χ4v) is 4.79. The van der Waals surface area contributed by atoms with Crippen molar-refractivity contribution in [2.24, 2.45) is 5.73 Å². The van der Waals surface area contributed by atoms with Crippen LogP contribution in [0.5, 0.6) is 5.75 Å². The molecule has 0 saturated carbocycles. The van der Waals surface area contributed by atoms with Crippen LogP contribution in [0.2, 0.25) is 0 Å². The molecule has 5 rings (SSSR count). The van der Waals surface area contributed by atoms with E-state index in [2.05, 4.69) is 9.88 Å². The number of amides is 1. The molecule has 1 amide bonds. The van der Waals surface area contributed by atoms with Gasteiger partial charge >= 0.3 is 0 Å². The van der Waals surface area contributed by atoms with Gasteiger partial charge in [0.15, 0.2) is 0 Å². The first-order valence-corrected chi connectivity index (χ1v) is 11.7. The van der Waals surface area contributed by atoms with Crippen molar-refractivity contribution in [3.05, 3.63) is 74.6 Å². The number of ether oxygens (including phenoxy) is 1. The zero-order valence-electron chi connectivity index (χ0n) is 18.3. The molecule has 1 aliphatic heterocycles. The number of morpholine rings is 1. The summed E-state index contributed by atoms with van der Waals surface area (Å²) in [5, 5.41) is 13.0. The molecule has 2 aromatic heterocycles. The van der Waals surface area contributed by atoms with Crippen LogP contribution in [0.4, 0.5) is 0 Å². The van der Waals surface area contributed by atoms with Crippen LogP contribution in [0.1, 0.15) is 21.2 Å². The summed E-state index contributed by atoms with van der Waals surface area (Å²) in [4.78, 5) is 36.7. The van der Waals surface area contributed by atoms with Crippen LogP contribution in [0, 0.1) is 0 Å². The van der Waals surface area contributed by atoms with Crippen molar-refractivity contribution in [1.29, 1.82) is 0 Å². The highest BCUT2D eigenvalue weighted by Crippen LogP contribution is 2.27. The average molecular weight is 478 g/mol. The zero-order valence-corrected chi connectivity index (χ0v) is 19.1. The second-order valence-electron chi connectivity index (χ2n) is 8.05. The van der Waals surface area contributed by atoms with Crippen LogP contribution in [0.3, 0.4) is 0 Å². The number of aromatic nitrogens is 3. The molecule has 34 heavy (non-hydrogen) atoms. The number of hydrogen-bond donors (Lipinski definition) is 2. The van der Waals surface area contributed by atoms with E-state index >= 15 is 0 Å². The van der Waals surface area contributed by atoms with Crippen LogP contribution < -0.4 is 11.3 Å². The molecule has 1 fully saturated rings. The molecule has 3 heterocycles. The fraction of sp³-hybridized carbons (Fsp3) is 0.250. The Kier molecular flexibility index (Phi) is 6.10. The summed E-state index contributed by atoms with van der Waals surface area (Å²) in [6.07, 6.45) is 0. The SMILES string of the molecule is NC(=O)c1cc(-c2csc(Cn3c(CN4CCOCC4)nc4ccccc4c3=O)n2)ccc1O. The Hall–Kier alpha value is -3.60. The second-order valence-corrected chi connectivity index (χ2v) is 8.99. The van der Waals surface area contributed by atoms with Gasteiger partial charge in [-0.25, -0.2) is 9.97 Å². The van der Waals surface area contributed by atoms with Crippen molar-refractivity contribution < 1.29 is 14.6 Å².